The normalized spacial score (nSPS) is 12.6. The first-order valence-corrected chi connectivity index (χ1v) is 5.67. The average molecular weight is 279 g/mol. The number of imidazole rings is 1. The van der Waals surface area contributed by atoms with Gasteiger partial charge in [0.05, 0.1) is 24.1 Å². The van der Waals surface area contributed by atoms with Gasteiger partial charge in [0.25, 0.3) is 0 Å². The van der Waals surface area contributed by atoms with Crippen molar-refractivity contribution in [2.75, 3.05) is 0 Å². The van der Waals surface area contributed by atoms with Gasteiger partial charge in [0.15, 0.2) is 5.65 Å². The highest BCUT2D eigenvalue weighted by atomic mass is 79.9. The van der Waals surface area contributed by atoms with Crippen LogP contribution in [0.3, 0.4) is 0 Å². The Balaban J connectivity index is 2.25. The van der Waals surface area contributed by atoms with E-state index in [4.69, 9.17) is 6.42 Å². The van der Waals surface area contributed by atoms with Crippen LogP contribution in [0, 0.1) is 12.3 Å². The van der Waals surface area contributed by atoms with E-state index in [0.717, 1.165) is 15.9 Å². The second kappa shape index (κ2) is 4.64. The fourth-order valence-electron chi connectivity index (χ4n) is 1.36. The Bertz CT molecular complexity index is 540. The molecule has 2 aromatic heterocycles. The van der Waals surface area contributed by atoms with Crippen LogP contribution in [-0.2, 0) is 6.54 Å². The summed E-state index contributed by atoms with van der Waals surface area (Å²) in [6.07, 6.45) is 10.7. The molecule has 0 saturated carbocycles. The number of nitrogens with zero attached hydrogens (tertiary/aromatic N) is 3. The molecule has 0 spiro atoms. The molecule has 0 saturated heterocycles. The fourth-order valence-corrected chi connectivity index (χ4v) is 1.67. The third-order valence-electron chi connectivity index (χ3n) is 2.28. The highest BCUT2D eigenvalue weighted by Crippen LogP contribution is 2.10. The topological polar surface area (TPSA) is 42.2 Å². The van der Waals surface area contributed by atoms with Gasteiger partial charge in [0.2, 0.25) is 0 Å². The molecule has 0 aliphatic rings. The first-order chi connectivity index (χ1) is 7.70. The predicted molar refractivity (Wildman–Crippen MR) is 65.8 cm³/mol. The van der Waals surface area contributed by atoms with E-state index in [1.54, 1.807) is 6.20 Å². The van der Waals surface area contributed by atoms with E-state index in [1.807, 2.05) is 23.7 Å². The molecular weight excluding hydrogens is 268 g/mol. The van der Waals surface area contributed by atoms with Gasteiger partial charge in [-0.15, -0.1) is 6.42 Å². The summed E-state index contributed by atoms with van der Waals surface area (Å²) in [7, 11) is 0. The van der Waals surface area contributed by atoms with Crippen LogP contribution in [0.25, 0.3) is 5.65 Å². The number of hydrogen-bond acceptors (Lipinski definition) is 3. The van der Waals surface area contributed by atoms with E-state index in [9.17, 15) is 0 Å². The Labute approximate surface area is 102 Å². The molecule has 2 heterocycles. The van der Waals surface area contributed by atoms with Crippen molar-refractivity contribution in [3.63, 3.8) is 0 Å². The lowest BCUT2D eigenvalue weighted by Crippen LogP contribution is -2.24. The van der Waals surface area contributed by atoms with Crippen LogP contribution in [0.1, 0.15) is 12.6 Å². The molecule has 1 unspecified atom stereocenters. The number of fused-ring (bicyclic) bond motifs is 1. The van der Waals surface area contributed by atoms with Crippen molar-refractivity contribution in [3.05, 3.63) is 28.9 Å². The van der Waals surface area contributed by atoms with Gasteiger partial charge in [0, 0.05) is 12.7 Å². The zero-order valence-corrected chi connectivity index (χ0v) is 10.4. The lowest BCUT2D eigenvalue weighted by molar-refractivity contribution is 0.634. The monoisotopic (exact) mass is 278 g/mol. The molecule has 82 valence electrons. The molecule has 1 atom stereocenters. The minimum absolute atomic E-state index is 0.0517. The van der Waals surface area contributed by atoms with Crippen molar-refractivity contribution >= 4 is 21.6 Å². The van der Waals surface area contributed by atoms with Crippen LogP contribution in [-0.4, -0.2) is 20.4 Å². The molecular formula is C11H11BrN4. The number of rotatable bonds is 3. The summed E-state index contributed by atoms with van der Waals surface area (Å²) in [4.78, 5) is 8.36. The van der Waals surface area contributed by atoms with Gasteiger partial charge >= 0.3 is 0 Å². The van der Waals surface area contributed by atoms with Crippen LogP contribution < -0.4 is 5.32 Å². The highest BCUT2D eigenvalue weighted by molar-refractivity contribution is 9.10. The first-order valence-electron chi connectivity index (χ1n) is 4.87. The summed E-state index contributed by atoms with van der Waals surface area (Å²) in [6.45, 7) is 2.63. The standard InChI is InChI=1S/C11H11BrN4/c1-3-8(2)13-4-9-5-15-11-6-14-10(12)7-16(9)11/h1,5-8,13H,4H2,2H3. The lowest BCUT2D eigenvalue weighted by Gasteiger charge is -2.06. The van der Waals surface area contributed by atoms with Gasteiger partial charge in [-0.2, -0.15) is 0 Å². The van der Waals surface area contributed by atoms with Crippen LogP contribution in [0.15, 0.2) is 23.2 Å². The molecule has 0 aliphatic carbocycles. The van der Waals surface area contributed by atoms with Crippen LogP contribution in [0.2, 0.25) is 0 Å². The van der Waals surface area contributed by atoms with E-state index >= 15 is 0 Å². The Hall–Kier alpha value is -1.38. The van der Waals surface area contributed by atoms with Crippen LogP contribution >= 0.6 is 15.9 Å². The first kappa shape index (κ1) is 11.1. The molecule has 2 rings (SSSR count). The second-order valence-electron chi connectivity index (χ2n) is 3.46. The largest absolute Gasteiger partial charge is 0.299 e. The molecule has 0 fully saturated rings. The van der Waals surface area contributed by atoms with E-state index in [-0.39, 0.29) is 6.04 Å². The Kier molecular flexibility index (Phi) is 3.22. The van der Waals surface area contributed by atoms with Gasteiger partial charge in [-0.05, 0) is 22.9 Å². The molecule has 4 nitrogen and oxygen atoms in total. The summed E-state index contributed by atoms with van der Waals surface area (Å²) < 4.78 is 2.76. The van der Waals surface area contributed by atoms with E-state index in [2.05, 4.69) is 37.1 Å². The van der Waals surface area contributed by atoms with E-state index < -0.39 is 0 Å². The summed E-state index contributed by atoms with van der Waals surface area (Å²) in [5.41, 5.74) is 1.88. The summed E-state index contributed by atoms with van der Waals surface area (Å²) >= 11 is 3.33. The van der Waals surface area contributed by atoms with Crippen molar-refractivity contribution in [3.8, 4) is 12.3 Å². The Morgan fingerprint density at radius 3 is 3.12 bits per heavy atom. The Morgan fingerprint density at radius 1 is 1.56 bits per heavy atom. The summed E-state index contributed by atoms with van der Waals surface area (Å²) in [5.74, 6) is 2.62. The van der Waals surface area contributed by atoms with E-state index in [0.29, 0.717) is 6.54 Å². The highest BCUT2D eigenvalue weighted by Gasteiger charge is 2.04. The van der Waals surface area contributed by atoms with Gasteiger partial charge in [-0.25, -0.2) is 9.97 Å². The van der Waals surface area contributed by atoms with Crippen molar-refractivity contribution in [2.24, 2.45) is 0 Å². The molecule has 0 amide bonds. The third-order valence-corrected chi connectivity index (χ3v) is 2.69. The minimum atomic E-state index is 0.0517. The van der Waals surface area contributed by atoms with Gasteiger partial charge < -0.3 is 0 Å². The predicted octanol–water partition coefficient (Wildman–Crippen LogP) is 1.60. The number of terminal acetylenes is 1. The summed E-state index contributed by atoms with van der Waals surface area (Å²) in [5, 5.41) is 3.21. The number of aromatic nitrogens is 3. The van der Waals surface area contributed by atoms with Crippen LogP contribution in [0.4, 0.5) is 0 Å². The number of halogens is 1. The van der Waals surface area contributed by atoms with Gasteiger partial charge in [-0.1, -0.05) is 5.92 Å². The minimum Gasteiger partial charge on any atom is -0.299 e. The molecule has 0 bridgehead atoms. The quantitative estimate of drug-likeness (QED) is 0.868. The molecule has 0 aromatic carbocycles. The van der Waals surface area contributed by atoms with E-state index in [1.165, 1.54) is 0 Å². The Morgan fingerprint density at radius 2 is 2.38 bits per heavy atom. The average Bonchev–Trinajstić information content (AvgIpc) is 2.68. The van der Waals surface area contributed by atoms with Gasteiger partial charge in [-0.3, -0.25) is 9.72 Å². The number of hydrogen-bond donors (Lipinski definition) is 1. The van der Waals surface area contributed by atoms with Crippen molar-refractivity contribution in [2.45, 2.75) is 19.5 Å². The lowest BCUT2D eigenvalue weighted by atomic mass is 10.3. The molecule has 1 N–H and O–H groups in total. The maximum Gasteiger partial charge on any atom is 0.155 e. The smallest absolute Gasteiger partial charge is 0.155 e. The SMILES string of the molecule is C#CC(C)NCc1cnc2cnc(Br)cn12. The van der Waals surface area contributed by atoms with Crippen LogP contribution in [0.5, 0.6) is 0 Å². The third kappa shape index (κ3) is 2.23. The zero-order valence-electron chi connectivity index (χ0n) is 8.81. The maximum atomic E-state index is 5.30. The molecule has 0 aliphatic heterocycles. The molecule has 0 radical (unpaired) electrons. The molecule has 2 aromatic rings. The van der Waals surface area contributed by atoms with Crippen molar-refractivity contribution in [1.82, 2.24) is 19.7 Å². The van der Waals surface area contributed by atoms with Crippen molar-refractivity contribution < 1.29 is 0 Å². The maximum absolute atomic E-state index is 5.30. The molecule has 16 heavy (non-hydrogen) atoms. The summed E-state index contributed by atoms with van der Waals surface area (Å²) in [6, 6.07) is 0.0517. The van der Waals surface area contributed by atoms with Gasteiger partial charge in [0.1, 0.15) is 4.60 Å². The molecule has 5 heteroatoms. The second-order valence-corrected chi connectivity index (χ2v) is 4.27. The fraction of sp³-hybridized carbons (Fsp3) is 0.273. The zero-order chi connectivity index (χ0) is 11.5. The number of nitrogens with one attached hydrogen (secondary N) is 1. The van der Waals surface area contributed by atoms with Crippen molar-refractivity contribution in [1.29, 1.82) is 0 Å².